The van der Waals surface area contributed by atoms with E-state index in [2.05, 4.69) is 25.8 Å². The van der Waals surface area contributed by atoms with Crippen LogP contribution in [-0.4, -0.2) is 18.0 Å². The Labute approximate surface area is 55.9 Å². The first-order chi connectivity index (χ1) is 4.10. The van der Waals surface area contributed by atoms with Crippen molar-refractivity contribution in [3.8, 4) is 0 Å². The Balaban J connectivity index is 2.60. The van der Waals surface area contributed by atoms with Gasteiger partial charge in [-0.25, -0.2) is 0 Å². The zero-order chi connectivity index (χ0) is 6.91. The van der Waals surface area contributed by atoms with Gasteiger partial charge in [-0.3, -0.25) is 4.99 Å². The monoisotopic (exact) mass is 127 g/mol. The molecule has 0 spiro atoms. The summed E-state index contributed by atoms with van der Waals surface area (Å²) >= 11 is 0. The van der Waals surface area contributed by atoms with Crippen LogP contribution in [0.15, 0.2) is 4.99 Å². The van der Waals surface area contributed by atoms with E-state index in [1.807, 2.05) is 0 Å². The Bertz CT molecular complexity index is 129. The predicted molar refractivity (Wildman–Crippen MR) is 37.7 cm³/mol. The van der Waals surface area contributed by atoms with Gasteiger partial charge >= 0.3 is 0 Å². The number of hydrogen-bond acceptors (Lipinski definition) is 2. The minimum absolute atomic E-state index is 0.0949. The fourth-order valence-electron chi connectivity index (χ4n) is 1.08. The van der Waals surface area contributed by atoms with Crippen LogP contribution in [0.4, 0.5) is 0 Å². The van der Waals surface area contributed by atoms with Crippen molar-refractivity contribution in [3.63, 3.8) is 0 Å². The first-order valence-electron chi connectivity index (χ1n) is 3.29. The average Bonchev–Trinajstić information content (AvgIpc) is 1.60. The number of ether oxygens (including phenoxy) is 1. The highest BCUT2D eigenvalue weighted by Crippen LogP contribution is 2.20. The van der Waals surface area contributed by atoms with Gasteiger partial charge in [-0.15, -0.1) is 0 Å². The maximum Gasteiger partial charge on any atom is 0.170 e. The van der Waals surface area contributed by atoms with Crippen LogP contribution in [0.2, 0.25) is 0 Å². The molecule has 9 heavy (non-hydrogen) atoms. The van der Waals surface area contributed by atoms with Crippen LogP contribution >= 0.6 is 0 Å². The van der Waals surface area contributed by atoms with Gasteiger partial charge in [-0.05, 0) is 20.8 Å². The molecule has 0 radical (unpaired) electrons. The molecule has 1 heterocycles. The number of hydrogen-bond donors (Lipinski definition) is 0. The van der Waals surface area contributed by atoms with Crippen molar-refractivity contribution in [2.45, 2.75) is 38.8 Å². The third-order valence-electron chi connectivity index (χ3n) is 1.48. The van der Waals surface area contributed by atoms with Crippen molar-refractivity contribution < 1.29 is 4.74 Å². The highest BCUT2D eigenvalue weighted by atomic mass is 16.5. The van der Waals surface area contributed by atoms with Gasteiger partial charge < -0.3 is 4.74 Å². The van der Waals surface area contributed by atoms with Crippen molar-refractivity contribution in [2.24, 2.45) is 4.99 Å². The van der Waals surface area contributed by atoms with E-state index in [4.69, 9.17) is 4.74 Å². The average molecular weight is 127 g/mol. The highest BCUT2D eigenvalue weighted by molar-refractivity contribution is 5.48. The van der Waals surface area contributed by atoms with Crippen molar-refractivity contribution in [1.29, 1.82) is 0 Å². The summed E-state index contributed by atoms with van der Waals surface area (Å²) < 4.78 is 5.12. The lowest BCUT2D eigenvalue weighted by atomic mass is 9.98. The van der Waals surface area contributed by atoms with Gasteiger partial charge in [0.15, 0.2) is 6.40 Å². The molecule has 0 fully saturated rings. The largest absolute Gasteiger partial charge is 0.481 e. The molecule has 2 heteroatoms. The second-order valence-corrected chi connectivity index (χ2v) is 3.20. The molecule has 0 bridgehead atoms. The molecule has 1 unspecified atom stereocenters. The predicted octanol–water partition coefficient (Wildman–Crippen LogP) is 1.60. The number of aliphatic imine (C=N–C) groups is 1. The van der Waals surface area contributed by atoms with Crippen molar-refractivity contribution in [2.75, 3.05) is 0 Å². The van der Waals surface area contributed by atoms with Gasteiger partial charge in [-0.1, -0.05) is 0 Å². The van der Waals surface area contributed by atoms with Crippen molar-refractivity contribution >= 4 is 6.40 Å². The van der Waals surface area contributed by atoms with E-state index >= 15 is 0 Å². The topological polar surface area (TPSA) is 21.6 Å². The summed E-state index contributed by atoms with van der Waals surface area (Å²) in [4.78, 5) is 4.16. The van der Waals surface area contributed by atoms with Crippen molar-refractivity contribution in [3.05, 3.63) is 0 Å². The minimum atomic E-state index is 0.0949. The molecule has 1 aliphatic heterocycles. The lowest BCUT2D eigenvalue weighted by Gasteiger charge is -2.27. The second kappa shape index (κ2) is 2.01. The lowest BCUT2D eigenvalue weighted by molar-refractivity contribution is 0.156. The zero-order valence-corrected chi connectivity index (χ0v) is 6.22. The molecule has 0 aromatic rings. The molecule has 0 saturated heterocycles. The van der Waals surface area contributed by atoms with E-state index in [-0.39, 0.29) is 5.54 Å². The highest BCUT2D eigenvalue weighted by Gasteiger charge is 2.22. The number of nitrogens with zero attached hydrogens (tertiary/aromatic N) is 1. The summed E-state index contributed by atoms with van der Waals surface area (Å²) in [5.74, 6) is 0. The van der Waals surface area contributed by atoms with Gasteiger partial charge in [0.25, 0.3) is 0 Å². The van der Waals surface area contributed by atoms with Crippen LogP contribution in [0.5, 0.6) is 0 Å². The maximum absolute atomic E-state index is 5.12. The molecule has 0 aromatic heterocycles. The Kier molecular flexibility index (Phi) is 1.47. The van der Waals surface area contributed by atoms with E-state index in [9.17, 15) is 0 Å². The molecule has 2 nitrogen and oxygen atoms in total. The molecule has 0 amide bonds. The van der Waals surface area contributed by atoms with Gasteiger partial charge in [0.2, 0.25) is 0 Å². The fourth-order valence-corrected chi connectivity index (χ4v) is 1.08. The summed E-state index contributed by atoms with van der Waals surface area (Å²) in [6.07, 6.45) is 2.91. The van der Waals surface area contributed by atoms with Gasteiger partial charge in [0, 0.05) is 6.42 Å². The molecule has 0 saturated carbocycles. The zero-order valence-electron chi connectivity index (χ0n) is 6.22. The molecule has 0 N–H and O–H groups in total. The first-order valence-corrected chi connectivity index (χ1v) is 3.29. The van der Waals surface area contributed by atoms with E-state index in [1.165, 1.54) is 0 Å². The Hall–Kier alpha value is -0.530. The summed E-state index contributed by atoms with van der Waals surface area (Å²) in [6, 6.07) is 0. The smallest absolute Gasteiger partial charge is 0.170 e. The Morgan fingerprint density at radius 2 is 2.33 bits per heavy atom. The van der Waals surface area contributed by atoms with Crippen LogP contribution in [-0.2, 0) is 4.74 Å². The molecule has 0 aromatic carbocycles. The lowest BCUT2D eigenvalue weighted by Crippen LogP contribution is -2.29. The van der Waals surface area contributed by atoms with Crippen LogP contribution < -0.4 is 0 Å². The molecule has 52 valence electrons. The van der Waals surface area contributed by atoms with Crippen LogP contribution in [0.3, 0.4) is 0 Å². The van der Waals surface area contributed by atoms with E-state index in [0.717, 1.165) is 6.42 Å². The van der Waals surface area contributed by atoms with Crippen LogP contribution in [0.25, 0.3) is 0 Å². The van der Waals surface area contributed by atoms with Gasteiger partial charge in [0.1, 0.15) is 0 Å². The standard InChI is InChI=1S/C7H13NO/c1-6-4-7(2,3)8-5-9-6/h5-6H,4H2,1-3H3. The summed E-state index contributed by atoms with van der Waals surface area (Å²) in [5.41, 5.74) is 0.0949. The number of rotatable bonds is 0. The molecule has 1 aliphatic rings. The third-order valence-corrected chi connectivity index (χ3v) is 1.48. The maximum atomic E-state index is 5.12. The second-order valence-electron chi connectivity index (χ2n) is 3.20. The van der Waals surface area contributed by atoms with E-state index < -0.39 is 0 Å². The van der Waals surface area contributed by atoms with Crippen LogP contribution in [0, 0.1) is 0 Å². The molecule has 1 rings (SSSR count). The van der Waals surface area contributed by atoms with E-state index in [0.29, 0.717) is 6.10 Å². The quantitative estimate of drug-likeness (QED) is 0.484. The van der Waals surface area contributed by atoms with Crippen LogP contribution in [0.1, 0.15) is 27.2 Å². The molecule has 1 atom stereocenters. The van der Waals surface area contributed by atoms with Crippen molar-refractivity contribution in [1.82, 2.24) is 0 Å². The van der Waals surface area contributed by atoms with E-state index in [1.54, 1.807) is 6.40 Å². The normalized spacial score (nSPS) is 31.7. The fraction of sp³-hybridized carbons (Fsp3) is 0.857. The molecular weight excluding hydrogens is 114 g/mol. The molecular formula is C7H13NO. The van der Waals surface area contributed by atoms with Gasteiger partial charge in [-0.2, -0.15) is 0 Å². The minimum Gasteiger partial charge on any atom is -0.481 e. The van der Waals surface area contributed by atoms with Gasteiger partial charge in [0.05, 0.1) is 11.6 Å². The Morgan fingerprint density at radius 1 is 1.67 bits per heavy atom. The molecule has 0 aliphatic carbocycles. The summed E-state index contributed by atoms with van der Waals surface area (Å²) in [5, 5.41) is 0. The first kappa shape index (κ1) is 6.59. The summed E-state index contributed by atoms with van der Waals surface area (Å²) in [6.45, 7) is 6.29. The Morgan fingerprint density at radius 3 is 2.67 bits per heavy atom. The summed E-state index contributed by atoms with van der Waals surface area (Å²) in [7, 11) is 0. The third kappa shape index (κ3) is 1.70. The SMILES string of the molecule is CC1CC(C)(C)N=CO1.